The van der Waals surface area contributed by atoms with Crippen LogP contribution in [0, 0.1) is 0 Å². The summed E-state index contributed by atoms with van der Waals surface area (Å²) in [7, 11) is 4.46. The Hall–Kier alpha value is -3.29. The quantitative estimate of drug-likeness (QED) is 0.768. The van der Waals surface area contributed by atoms with Gasteiger partial charge in [0.15, 0.2) is 17.3 Å². The van der Waals surface area contributed by atoms with Crippen molar-refractivity contribution in [3.05, 3.63) is 36.0 Å². The number of benzene rings is 1. The minimum atomic E-state index is -0.395. The molecule has 0 radical (unpaired) electrons. The minimum absolute atomic E-state index is 0.289. The molecule has 1 amide bonds. The molecular formula is C16H15N3O5. The van der Waals surface area contributed by atoms with Crippen molar-refractivity contribution in [3.8, 4) is 17.2 Å². The SMILES string of the molecule is COc1cc(C(=O)Nc2noc3ncccc23)cc(OC)c1OC. The second-order valence-electron chi connectivity index (χ2n) is 4.76. The van der Waals surface area contributed by atoms with Crippen LogP contribution < -0.4 is 19.5 Å². The third kappa shape index (κ3) is 2.69. The number of hydrogen-bond donors (Lipinski definition) is 1. The number of carbonyl (C=O) groups is 1. The monoisotopic (exact) mass is 329 g/mol. The molecule has 0 fully saturated rings. The Morgan fingerprint density at radius 3 is 2.46 bits per heavy atom. The van der Waals surface area contributed by atoms with Crippen molar-refractivity contribution in [2.45, 2.75) is 0 Å². The molecule has 1 N–H and O–H groups in total. The van der Waals surface area contributed by atoms with Crippen LogP contribution in [0.5, 0.6) is 17.2 Å². The molecule has 2 aromatic heterocycles. The number of amides is 1. The number of nitrogens with one attached hydrogen (secondary N) is 1. The maximum atomic E-state index is 12.5. The molecule has 124 valence electrons. The van der Waals surface area contributed by atoms with Crippen molar-refractivity contribution < 1.29 is 23.5 Å². The maximum absolute atomic E-state index is 12.5. The number of nitrogens with zero attached hydrogens (tertiary/aromatic N) is 2. The highest BCUT2D eigenvalue weighted by Gasteiger charge is 2.19. The topological polar surface area (TPSA) is 95.7 Å². The first-order chi connectivity index (χ1) is 11.7. The number of methoxy groups -OCH3 is 3. The normalized spacial score (nSPS) is 10.5. The second kappa shape index (κ2) is 6.45. The summed E-state index contributed by atoms with van der Waals surface area (Å²) in [5, 5.41) is 7.12. The molecule has 3 aromatic rings. The van der Waals surface area contributed by atoms with E-state index < -0.39 is 5.91 Å². The molecule has 1 aromatic carbocycles. The van der Waals surface area contributed by atoms with Crippen molar-refractivity contribution in [3.63, 3.8) is 0 Å². The van der Waals surface area contributed by atoms with Crippen molar-refractivity contribution >= 4 is 22.8 Å². The highest BCUT2D eigenvalue weighted by Crippen LogP contribution is 2.38. The van der Waals surface area contributed by atoms with Crippen LogP contribution in [0.2, 0.25) is 0 Å². The summed E-state index contributed by atoms with van der Waals surface area (Å²) in [6.45, 7) is 0. The molecule has 0 saturated heterocycles. The van der Waals surface area contributed by atoms with Gasteiger partial charge >= 0.3 is 0 Å². The lowest BCUT2D eigenvalue weighted by molar-refractivity contribution is 0.102. The Bertz CT molecular complexity index is 865. The van der Waals surface area contributed by atoms with Crippen LogP contribution in [-0.2, 0) is 0 Å². The van der Waals surface area contributed by atoms with E-state index in [0.29, 0.717) is 33.9 Å². The van der Waals surface area contributed by atoms with E-state index in [4.69, 9.17) is 18.7 Å². The van der Waals surface area contributed by atoms with E-state index in [1.165, 1.54) is 21.3 Å². The zero-order valence-corrected chi connectivity index (χ0v) is 13.3. The van der Waals surface area contributed by atoms with Crippen LogP contribution in [0.15, 0.2) is 35.0 Å². The van der Waals surface area contributed by atoms with Gasteiger partial charge in [0.1, 0.15) is 0 Å². The van der Waals surface area contributed by atoms with E-state index in [0.717, 1.165) is 0 Å². The fourth-order valence-corrected chi connectivity index (χ4v) is 2.26. The van der Waals surface area contributed by atoms with E-state index in [-0.39, 0.29) is 5.82 Å². The fourth-order valence-electron chi connectivity index (χ4n) is 2.26. The van der Waals surface area contributed by atoms with Gasteiger partial charge in [0.05, 0.1) is 26.7 Å². The van der Waals surface area contributed by atoms with Gasteiger partial charge < -0.3 is 24.1 Å². The van der Waals surface area contributed by atoms with Gasteiger partial charge in [0, 0.05) is 11.8 Å². The predicted octanol–water partition coefficient (Wildman–Crippen LogP) is 2.50. The van der Waals surface area contributed by atoms with Gasteiger partial charge in [-0.3, -0.25) is 4.79 Å². The zero-order chi connectivity index (χ0) is 17.1. The number of hydrogen-bond acceptors (Lipinski definition) is 7. The molecule has 2 heterocycles. The highest BCUT2D eigenvalue weighted by molar-refractivity contribution is 6.07. The third-order valence-electron chi connectivity index (χ3n) is 3.41. The van der Waals surface area contributed by atoms with Crippen molar-refractivity contribution in [1.82, 2.24) is 10.1 Å². The number of pyridine rings is 1. The smallest absolute Gasteiger partial charge is 0.259 e. The molecule has 0 atom stereocenters. The van der Waals surface area contributed by atoms with Crippen molar-refractivity contribution in [1.29, 1.82) is 0 Å². The molecule has 0 aliphatic rings. The molecular weight excluding hydrogens is 314 g/mol. The molecule has 24 heavy (non-hydrogen) atoms. The van der Waals surface area contributed by atoms with Gasteiger partial charge in [0.25, 0.3) is 11.6 Å². The van der Waals surface area contributed by atoms with Crippen LogP contribution >= 0.6 is 0 Å². The highest BCUT2D eigenvalue weighted by atomic mass is 16.5. The standard InChI is InChI=1S/C16H15N3O5/c1-21-11-7-9(8-12(22-2)13(11)23-3)15(20)18-14-10-5-4-6-17-16(10)24-19-14/h4-8H,1-3H3,(H,18,19,20). The van der Waals surface area contributed by atoms with Crippen LogP contribution in [0.3, 0.4) is 0 Å². The van der Waals surface area contributed by atoms with Gasteiger partial charge in [-0.05, 0) is 24.3 Å². The average Bonchev–Trinajstić information content (AvgIpc) is 3.03. The Morgan fingerprint density at radius 2 is 1.83 bits per heavy atom. The van der Waals surface area contributed by atoms with Gasteiger partial charge in [-0.25, -0.2) is 4.98 Å². The Balaban J connectivity index is 1.95. The number of fused-ring (bicyclic) bond motifs is 1. The minimum Gasteiger partial charge on any atom is -0.493 e. The number of rotatable bonds is 5. The number of aromatic nitrogens is 2. The molecule has 8 heteroatoms. The summed E-state index contributed by atoms with van der Waals surface area (Å²) in [6, 6.07) is 6.59. The van der Waals surface area contributed by atoms with E-state index >= 15 is 0 Å². The number of carbonyl (C=O) groups excluding carboxylic acids is 1. The Morgan fingerprint density at radius 1 is 1.12 bits per heavy atom. The summed E-state index contributed by atoms with van der Waals surface area (Å²) in [6.07, 6.45) is 1.58. The first-order valence-corrected chi connectivity index (χ1v) is 6.99. The largest absolute Gasteiger partial charge is 0.493 e. The zero-order valence-electron chi connectivity index (χ0n) is 13.3. The molecule has 0 saturated carbocycles. The predicted molar refractivity (Wildman–Crippen MR) is 85.9 cm³/mol. The third-order valence-corrected chi connectivity index (χ3v) is 3.41. The lowest BCUT2D eigenvalue weighted by Gasteiger charge is -2.13. The van der Waals surface area contributed by atoms with Gasteiger partial charge in [0.2, 0.25) is 5.75 Å². The summed E-state index contributed by atoms with van der Waals surface area (Å²) >= 11 is 0. The maximum Gasteiger partial charge on any atom is 0.259 e. The lowest BCUT2D eigenvalue weighted by Crippen LogP contribution is -2.13. The van der Waals surface area contributed by atoms with E-state index in [9.17, 15) is 4.79 Å². The van der Waals surface area contributed by atoms with E-state index in [1.54, 1.807) is 30.5 Å². The average molecular weight is 329 g/mol. The van der Waals surface area contributed by atoms with Crippen LogP contribution in [0.1, 0.15) is 10.4 Å². The fraction of sp³-hybridized carbons (Fsp3) is 0.188. The van der Waals surface area contributed by atoms with E-state index in [2.05, 4.69) is 15.5 Å². The molecule has 0 aliphatic carbocycles. The summed E-state index contributed by atoms with van der Waals surface area (Å²) in [5.74, 6) is 1.07. The molecule has 0 aliphatic heterocycles. The van der Waals surface area contributed by atoms with Gasteiger partial charge in [-0.2, -0.15) is 0 Å². The number of ether oxygens (including phenoxy) is 3. The van der Waals surface area contributed by atoms with Crippen LogP contribution in [0.4, 0.5) is 5.82 Å². The molecule has 0 bridgehead atoms. The van der Waals surface area contributed by atoms with Crippen molar-refractivity contribution in [2.24, 2.45) is 0 Å². The first-order valence-electron chi connectivity index (χ1n) is 6.99. The summed E-state index contributed by atoms with van der Waals surface area (Å²) in [4.78, 5) is 16.5. The Labute approximate surface area is 137 Å². The molecule has 8 nitrogen and oxygen atoms in total. The second-order valence-corrected chi connectivity index (χ2v) is 4.76. The van der Waals surface area contributed by atoms with Gasteiger partial charge in [-0.1, -0.05) is 5.16 Å². The Kier molecular flexibility index (Phi) is 4.19. The number of anilines is 1. The van der Waals surface area contributed by atoms with E-state index in [1.807, 2.05) is 0 Å². The molecule has 3 rings (SSSR count). The van der Waals surface area contributed by atoms with Crippen LogP contribution in [0.25, 0.3) is 11.1 Å². The lowest BCUT2D eigenvalue weighted by atomic mass is 10.1. The molecule has 0 unspecified atom stereocenters. The molecule has 0 spiro atoms. The summed E-state index contributed by atoms with van der Waals surface area (Å²) < 4.78 is 20.8. The van der Waals surface area contributed by atoms with Gasteiger partial charge in [-0.15, -0.1) is 0 Å². The summed E-state index contributed by atoms with van der Waals surface area (Å²) in [5.41, 5.74) is 0.669. The van der Waals surface area contributed by atoms with Crippen molar-refractivity contribution in [2.75, 3.05) is 26.6 Å². The first kappa shape index (κ1) is 15.6. The van der Waals surface area contributed by atoms with Crippen LogP contribution in [-0.4, -0.2) is 37.4 Å².